The van der Waals surface area contributed by atoms with Crippen LogP contribution in [0.1, 0.15) is 50.1 Å². The summed E-state index contributed by atoms with van der Waals surface area (Å²) in [5, 5.41) is 11.6. The first kappa shape index (κ1) is 14.7. The van der Waals surface area contributed by atoms with Gasteiger partial charge in [0.05, 0.1) is 6.04 Å². The number of aromatic nitrogens is 2. The van der Waals surface area contributed by atoms with Gasteiger partial charge < -0.3 is 9.73 Å². The fourth-order valence-corrected chi connectivity index (χ4v) is 2.08. The summed E-state index contributed by atoms with van der Waals surface area (Å²) < 4.78 is 5.70. The second-order valence-electron chi connectivity index (χ2n) is 5.05. The van der Waals surface area contributed by atoms with E-state index in [4.69, 9.17) is 4.42 Å². The van der Waals surface area contributed by atoms with Crippen molar-refractivity contribution in [2.75, 3.05) is 6.54 Å². The fourth-order valence-electron chi connectivity index (χ4n) is 2.08. The van der Waals surface area contributed by atoms with Crippen molar-refractivity contribution in [3.05, 3.63) is 47.7 Å². The van der Waals surface area contributed by atoms with Gasteiger partial charge in [-0.25, -0.2) is 0 Å². The zero-order valence-electron chi connectivity index (χ0n) is 12.3. The normalized spacial score (nSPS) is 12.5. The molecule has 0 fully saturated rings. The van der Waals surface area contributed by atoms with Crippen molar-refractivity contribution in [1.29, 1.82) is 0 Å². The van der Waals surface area contributed by atoms with E-state index in [-0.39, 0.29) is 6.04 Å². The Kier molecular flexibility index (Phi) is 5.74. The van der Waals surface area contributed by atoms with Gasteiger partial charge in [-0.1, -0.05) is 37.3 Å². The molecule has 0 aliphatic heterocycles. The number of aryl methyl sites for hydroxylation is 2. The van der Waals surface area contributed by atoms with Gasteiger partial charge in [0.15, 0.2) is 0 Å². The highest BCUT2D eigenvalue weighted by Crippen LogP contribution is 2.12. The van der Waals surface area contributed by atoms with Gasteiger partial charge in [0.2, 0.25) is 11.8 Å². The zero-order chi connectivity index (χ0) is 14.2. The lowest BCUT2D eigenvalue weighted by atomic mass is 10.1. The van der Waals surface area contributed by atoms with E-state index < -0.39 is 0 Å². The van der Waals surface area contributed by atoms with Crippen LogP contribution in [0.4, 0.5) is 0 Å². The molecule has 2 aromatic rings. The molecule has 0 saturated heterocycles. The first-order valence-electron chi connectivity index (χ1n) is 7.39. The molecule has 1 N–H and O–H groups in total. The van der Waals surface area contributed by atoms with E-state index in [2.05, 4.69) is 53.6 Å². The molecular weight excluding hydrogens is 250 g/mol. The van der Waals surface area contributed by atoms with Crippen LogP contribution in [0, 0.1) is 0 Å². The molecule has 2 rings (SSSR count). The highest BCUT2D eigenvalue weighted by Gasteiger charge is 2.12. The van der Waals surface area contributed by atoms with Gasteiger partial charge in [-0.3, -0.25) is 0 Å². The highest BCUT2D eigenvalue weighted by molar-refractivity contribution is 5.14. The first-order valence-corrected chi connectivity index (χ1v) is 7.39. The monoisotopic (exact) mass is 273 g/mol. The Morgan fingerprint density at radius 1 is 1.15 bits per heavy atom. The number of hydrogen-bond acceptors (Lipinski definition) is 4. The summed E-state index contributed by atoms with van der Waals surface area (Å²) in [5.41, 5.74) is 1.35. The molecule has 0 bridgehead atoms. The van der Waals surface area contributed by atoms with Crippen LogP contribution in [0.25, 0.3) is 0 Å². The molecule has 1 aromatic heterocycles. The van der Waals surface area contributed by atoms with Crippen molar-refractivity contribution in [2.24, 2.45) is 0 Å². The third-order valence-electron chi connectivity index (χ3n) is 3.25. The molecule has 0 spiro atoms. The van der Waals surface area contributed by atoms with E-state index in [1.807, 2.05) is 6.07 Å². The Morgan fingerprint density at radius 3 is 2.70 bits per heavy atom. The second-order valence-corrected chi connectivity index (χ2v) is 5.05. The summed E-state index contributed by atoms with van der Waals surface area (Å²) in [6.07, 6.45) is 4.01. The maximum Gasteiger partial charge on any atom is 0.233 e. The van der Waals surface area contributed by atoms with Crippen molar-refractivity contribution < 1.29 is 4.42 Å². The quantitative estimate of drug-likeness (QED) is 0.801. The van der Waals surface area contributed by atoms with E-state index in [0.29, 0.717) is 5.89 Å². The van der Waals surface area contributed by atoms with E-state index in [9.17, 15) is 0 Å². The van der Waals surface area contributed by atoms with Crippen LogP contribution in [0.5, 0.6) is 0 Å². The van der Waals surface area contributed by atoms with Crippen molar-refractivity contribution >= 4 is 0 Å². The Labute approximate surface area is 120 Å². The van der Waals surface area contributed by atoms with Gasteiger partial charge >= 0.3 is 0 Å². The van der Waals surface area contributed by atoms with Gasteiger partial charge in [0.1, 0.15) is 0 Å². The lowest BCUT2D eigenvalue weighted by molar-refractivity contribution is 0.391. The Bertz CT molecular complexity index is 495. The summed E-state index contributed by atoms with van der Waals surface area (Å²) in [6, 6.07) is 10.6. The van der Waals surface area contributed by atoms with Crippen molar-refractivity contribution in [3.63, 3.8) is 0 Å². The van der Waals surface area contributed by atoms with Crippen LogP contribution in [0.3, 0.4) is 0 Å². The molecule has 1 atom stereocenters. The molecule has 0 radical (unpaired) electrons. The van der Waals surface area contributed by atoms with Crippen LogP contribution in [-0.4, -0.2) is 16.7 Å². The SMILES string of the molecule is CCCNC(C)c1nnc(CCCc2ccccc2)o1. The smallest absolute Gasteiger partial charge is 0.233 e. The van der Waals surface area contributed by atoms with Gasteiger partial charge in [0, 0.05) is 6.42 Å². The van der Waals surface area contributed by atoms with Gasteiger partial charge in [0.25, 0.3) is 0 Å². The standard InChI is InChI=1S/C16H23N3O/c1-3-12-17-13(2)16-19-18-15(20-16)11-7-10-14-8-5-4-6-9-14/h4-6,8-9,13,17H,3,7,10-12H2,1-2H3. The molecule has 0 aliphatic rings. The molecule has 4 heteroatoms. The van der Waals surface area contributed by atoms with Crippen LogP contribution < -0.4 is 5.32 Å². The summed E-state index contributed by atoms with van der Waals surface area (Å²) in [7, 11) is 0. The number of nitrogens with one attached hydrogen (secondary N) is 1. The average molecular weight is 273 g/mol. The zero-order valence-corrected chi connectivity index (χ0v) is 12.3. The number of hydrogen-bond donors (Lipinski definition) is 1. The summed E-state index contributed by atoms with van der Waals surface area (Å²) in [5.74, 6) is 1.43. The minimum Gasteiger partial charge on any atom is -0.424 e. The molecule has 20 heavy (non-hydrogen) atoms. The van der Waals surface area contributed by atoms with Crippen molar-refractivity contribution in [3.8, 4) is 0 Å². The lowest BCUT2D eigenvalue weighted by Crippen LogP contribution is -2.19. The van der Waals surface area contributed by atoms with E-state index >= 15 is 0 Å². The molecule has 0 aliphatic carbocycles. The van der Waals surface area contributed by atoms with Gasteiger partial charge in [-0.05, 0) is 38.3 Å². The van der Waals surface area contributed by atoms with Crippen LogP contribution in [-0.2, 0) is 12.8 Å². The fraction of sp³-hybridized carbons (Fsp3) is 0.500. The van der Waals surface area contributed by atoms with Gasteiger partial charge in [-0.2, -0.15) is 0 Å². The topological polar surface area (TPSA) is 51.0 Å². The number of benzene rings is 1. The number of nitrogens with zero attached hydrogens (tertiary/aromatic N) is 2. The van der Waals surface area contributed by atoms with Crippen molar-refractivity contribution in [2.45, 2.75) is 45.6 Å². The van der Waals surface area contributed by atoms with E-state index in [0.717, 1.165) is 38.1 Å². The molecule has 1 heterocycles. The highest BCUT2D eigenvalue weighted by atomic mass is 16.4. The first-order chi connectivity index (χ1) is 9.79. The predicted molar refractivity (Wildman–Crippen MR) is 79.5 cm³/mol. The maximum atomic E-state index is 5.70. The second kappa shape index (κ2) is 7.80. The lowest BCUT2D eigenvalue weighted by Gasteiger charge is -2.07. The predicted octanol–water partition coefficient (Wildman–Crippen LogP) is 3.31. The summed E-state index contributed by atoms with van der Waals surface area (Å²) in [6.45, 7) is 5.16. The molecule has 0 amide bonds. The van der Waals surface area contributed by atoms with E-state index in [1.165, 1.54) is 5.56 Å². The number of rotatable bonds is 8. The van der Waals surface area contributed by atoms with Crippen LogP contribution in [0.15, 0.2) is 34.7 Å². The Hall–Kier alpha value is -1.68. The van der Waals surface area contributed by atoms with Crippen molar-refractivity contribution in [1.82, 2.24) is 15.5 Å². The molecule has 108 valence electrons. The van der Waals surface area contributed by atoms with Gasteiger partial charge in [-0.15, -0.1) is 10.2 Å². The molecular formula is C16H23N3O. The maximum absolute atomic E-state index is 5.70. The average Bonchev–Trinajstić information content (AvgIpc) is 2.95. The third kappa shape index (κ3) is 4.46. The van der Waals surface area contributed by atoms with Crippen LogP contribution in [0.2, 0.25) is 0 Å². The molecule has 4 nitrogen and oxygen atoms in total. The van der Waals surface area contributed by atoms with E-state index in [1.54, 1.807) is 0 Å². The molecule has 1 aromatic carbocycles. The minimum absolute atomic E-state index is 0.130. The largest absolute Gasteiger partial charge is 0.424 e. The minimum atomic E-state index is 0.130. The Balaban J connectivity index is 1.78. The van der Waals surface area contributed by atoms with Crippen LogP contribution >= 0.6 is 0 Å². The summed E-state index contributed by atoms with van der Waals surface area (Å²) >= 11 is 0. The Morgan fingerprint density at radius 2 is 1.95 bits per heavy atom. The molecule has 1 unspecified atom stereocenters. The third-order valence-corrected chi connectivity index (χ3v) is 3.25. The summed E-state index contributed by atoms with van der Waals surface area (Å²) in [4.78, 5) is 0. The molecule has 0 saturated carbocycles.